The zero-order chi connectivity index (χ0) is 18.8. The smallest absolute Gasteiger partial charge is 0.303 e. The second-order valence-corrected chi connectivity index (χ2v) is 7.50. The molecule has 2 unspecified atom stereocenters. The lowest BCUT2D eigenvalue weighted by Gasteiger charge is -2.14. The molecule has 25 heavy (non-hydrogen) atoms. The summed E-state index contributed by atoms with van der Waals surface area (Å²) in [6.07, 6.45) is 16.5. The molecule has 150 valence electrons. The molecule has 0 radical (unpaired) electrons. The Bertz CT molecular complexity index is 294. The summed E-state index contributed by atoms with van der Waals surface area (Å²) in [7, 11) is 0. The minimum Gasteiger partial charge on any atom is -0.481 e. The Hall–Kier alpha value is -0.610. The predicted molar refractivity (Wildman–Crippen MR) is 104 cm³/mol. The highest BCUT2D eigenvalue weighted by Crippen LogP contribution is 2.15. The van der Waals surface area contributed by atoms with E-state index in [0.717, 1.165) is 64.2 Å². The first-order chi connectivity index (χ1) is 12.1. The number of aliphatic carboxylic acids is 1. The molecule has 4 nitrogen and oxygen atoms in total. The van der Waals surface area contributed by atoms with Crippen molar-refractivity contribution in [2.75, 3.05) is 0 Å². The molecule has 2 atom stereocenters. The molecule has 0 aliphatic rings. The van der Waals surface area contributed by atoms with Crippen LogP contribution in [-0.4, -0.2) is 33.5 Å². The summed E-state index contributed by atoms with van der Waals surface area (Å²) >= 11 is 0. The van der Waals surface area contributed by atoms with Crippen molar-refractivity contribution in [1.29, 1.82) is 0 Å². The van der Waals surface area contributed by atoms with Crippen molar-refractivity contribution in [3.05, 3.63) is 0 Å². The lowest BCUT2D eigenvalue weighted by atomic mass is 10.00. The van der Waals surface area contributed by atoms with Crippen LogP contribution in [0.5, 0.6) is 0 Å². The van der Waals surface area contributed by atoms with Crippen LogP contribution in [0.1, 0.15) is 116 Å². The van der Waals surface area contributed by atoms with Crippen molar-refractivity contribution in [1.82, 2.24) is 0 Å². The summed E-state index contributed by atoms with van der Waals surface area (Å²) in [6, 6.07) is 0. The number of aliphatic hydroxyl groups excluding tert-OH is 2. The van der Waals surface area contributed by atoms with Gasteiger partial charge in [-0.25, -0.2) is 0 Å². The zero-order valence-corrected chi connectivity index (χ0v) is 16.4. The van der Waals surface area contributed by atoms with Crippen LogP contribution in [0.25, 0.3) is 0 Å². The number of rotatable bonds is 19. The Balaban J connectivity index is 3.29. The fourth-order valence-corrected chi connectivity index (χ4v) is 3.20. The number of carboxylic acids is 1. The Morgan fingerprint density at radius 2 is 1.04 bits per heavy atom. The van der Waals surface area contributed by atoms with Crippen molar-refractivity contribution in [3.8, 4) is 0 Å². The minimum atomic E-state index is -0.692. The van der Waals surface area contributed by atoms with Gasteiger partial charge in [0.2, 0.25) is 0 Å². The van der Waals surface area contributed by atoms with Crippen LogP contribution in [0.4, 0.5) is 0 Å². The summed E-state index contributed by atoms with van der Waals surface area (Å²) in [4.78, 5) is 10.4. The van der Waals surface area contributed by atoms with E-state index in [2.05, 4.69) is 6.92 Å². The van der Waals surface area contributed by atoms with Gasteiger partial charge in [-0.05, 0) is 32.1 Å². The third kappa shape index (κ3) is 19.6. The highest BCUT2D eigenvalue weighted by atomic mass is 16.4. The molecule has 0 saturated carbocycles. The highest BCUT2D eigenvalue weighted by molar-refractivity contribution is 5.66. The number of unbranched alkanes of at least 4 members (excludes halogenated alkanes) is 10. The minimum absolute atomic E-state index is 0.243. The molecular weight excluding hydrogens is 316 g/mol. The first kappa shape index (κ1) is 24.4. The summed E-state index contributed by atoms with van der Waals surface area (Å²) in [6.45, 7) is 2.19. The third-order valence-corrected chi connectivity index (χ3v) is 4.90. The van der Waals surface area contributed by atoms with Gasteiger partial charge in [0.05, 0.1) is 12.2 Å². The quantitative estimate of drug-likeness (QED) is 0.268. The monoisotopic (exact) mass is 358 g/mol. The maximum Gasteiger partial charge on any atom is 0.303 e. The van der Waals surface area contributed by atoms with Gasteiger partial charge >= 0.3 is 5.97 Å². The third-order valence-electron chi connectivity index (χ3n) is 4.90. The van der Waals surface area contributed by atoms with E-state index < -0.39 is 5.97 Å². The summed E-state index contributed by atoms with van der Waals surface area (Å²) < 4.78 is 0. The number of hydrogen-bond acceptors (Lipinski definition) is 3. The van der Waals surface area contributed by atoms with Crippen LogP contribution in [0.3, 0.4) is 0 Å². The van der Waals surface area contributed by atoms with Crippen LogP contribution in [0, 0.1) is 0 Å². The average Bonchev–Trinajstić information content (AvgIpc) is 2.58. The number of hydrogen-bond donors (Lipinski definition) is 3. The molecule has 0 rings (SSSR count). The van der Waals surface area contributed by atoms with Crippen molar-refractivity contribution in [2.24, 2.45) is 0 Å². The molecule has 0 saturated heterocycles. The van der Waals surface area contributed by atoms with Gasteiger partial charge in [0, 0.05) is 6.42 Å². The SMILES string of the molecule is CCCCCCC(O)CCC(O)CCCCCCCCCCC(=O)O. The van der Waals surface area contributed by atoms with E-state index in [4.69, 9.17) is 5.11 Å². The second kappa shape index (κ2) is 18.2. The van der Waals surface area contributed by atoms with Gasteiger partial charge in [-0.1, -0.05) is 77.6 Å². The first-order valence-corrected chi connectivity index (χ1v) is 10.6. The van der Waals surface area contributed by atoms with Gasteiger partial charge in [0.15, 0.2) is 0 Å². The van der Waals surface area contributed by atoms with E-state index in [1.165, 1.54) is 38.5 Å². The Kier molecular flexibility index (Phi) is 17.7. The number of aliphatic hydroxyl groups is 2. The Morgan fingerprint density at radius 3 is 1.48 bits per heavy atom. The molecule has 0 aromatic heterocycles. The lowest BCUT2D eigenvalue weighted by molar-refractivity contribution is -0.137. The molecule has 4 heteroatoms. The van der Waals surface area contributed by atoms with E-state index in [-0.39, 0.29) is 12.2 Å². The van der Waals surface area contributed by atoms with Crippen LogP contribution >= 0.6 is 0 Å². The molecule has 0 amide bonds. The fraction of sp³-hybridized carbons (Fsp3) is 0.952. The molecule has 0 bridgehead atoms. The van der Waals surface area contributed by atoms with Crippen LogP contribution < -0.4 is 0 Å². The van der Waals surface area contributed by atoms with Crippen molar-refractivity contribution in [3.63, 3.8) is 0 Å². The van der Waals surface area contributed by atoms with Gasteiger partial charge in [0.25, 0.3) is 0 Å². The molecule has 0 aliphatic carbocycles. The molecular formula is C21H42O4. The topological polar surface area (TPSA) is 77.8 Å². The summed E-state index contributed by atoms with van der Waals surface area (Å²) in [5, 5.41) is 28.5. The maximum atomic E-state index is 10.4. The molecule has 0 fully saturated rings. The molecule has 0 spiro atoms. The van der Waals surface area contributed by atoms with Crippen molar-refractivity contribution >= 4 is 5.97 Å². The van der Waals surface area contributed by atoms with E-state index in [0.29, 0.717) is 6.42 Å². The van der Waals surface area contributed by atoms with Crippen LogP contribution in [0.2, 0.25) is 0 Å². The van der Waals surface area contributed by atoms with Gasteiger partial charge in [-0.2, -0.15) is 0 Å². The Labute approximate surface area is 155 Å². The second-order valence-electron chi connectivity index (χ2n) is 7.50. The van der Waals surface area contributed by atoms with E-state index >= 15 is 0 Å². The molecule has 0 aliphatic heterocycles. The molecule has 0 aromatic carbocycles. The maximum absolute atomic E-state index is 10.4. The van der Waals surface area contributed by atoms with Crippen molar-refractivity contribution in [2.45, 2.75) is 128 Å². The van der Waals surface area contributed by atoms with Gasteiger partial charge < -0.3 is 15.3 Å². The lowest BCUT2D eigenvalue weighted by Crippen LogP contribution is -2.13. The molecule has 3 N–H and O–H groups in total. The standard InChI is InChI=1S/C21H42O4/c1-2-3-4-11-14-19(22)17-18-20(23)15-12-9-7-5-6-8-10-13-16-21(24)25/h19-20,22-23H,2-18H2,1H3,(H,24,25). The van der Waals surface area contributed by atoms with E-state index in [1.54, 1.807) is 0 Å². The normalized spacial score (nSPS) is 13.7. The van der Waals surface area contributed by atoms with Gasteiger partial charge in [-0.3, -0.25) is 4.79 Å². The highest BCUT2D eigenvalue weighted by Gasteiger charge is 2.09. The average molecular weight is 359 g/mol. The summed E-state index contributed by atoms with van der Waals surface area (Å²) in [5.74, 6) is -0.692. The zero-order valence-electron chi connectivity index (χ0n) is 16.4. The number of carboxylic acid groups (broad SMARTS) is 1. The number of carbonyl (C=O) groups is 1. The summed E-state index contributed by atoms with van der Waals surface area (Å²) in [5.41, 5.74) is 0. The van der Waals surface area contributed by atoms with Crippen LogP contribution in [0.15, 0.2) is 0 Å². The predicted octanol–water partition coefficient (Wildman–Crippen LogP) is 5.44. The first-order valence-electron chi connectivity index (χ1n) is 10.6. The van der Waals surface area contributed by atoms with Crippen molar-refractivity contribution < 1.29 is 20.1 Å². The van der Waals surface area contributed by atoms with Crippen LogP contribution in [-0.2, 0) is 4.79 Å². The largest absolute Gasteiger partial charge is 0.481 e. The van der Waals surface area contributed by atoms with E-state index in [1.807, 2.05) is 0 Å². The van der Waals surface area contributed by atoms with E-state index in [9.17, 15) is 15.0 Å². The van der Waals surface area contributed by atoms with Gasteiger partial charge in [0.1, 0.15) is 0 Å². The van der Waals surface area contributed by atoms with Gasteiger partial charge in [-0.15, -0.1) is 0 Å². The molecule has 0 heterocycles. The fourth-order valence-electron chi connectivity index (χ4n) is 3.20. The molecule has 0 aromatic rings. The Morgan fingerprint density at radius 1 is 0.640 bits per heavy atom.